The number of aromatic nitrogens is 3. The van der Waals surface area contributed by atoms with Gasteiger partial charge in [0.15, 0.2) is 0 Å². The number of alkyl halides is 2. The van der Waals surface area contributed by atoms with E-state index in [0.717, 1.165) is 26.2 Å². The zero-order chi connectivity index (χ0) is 18.6. The number of carbonyl (C=O) groups excluding carboxylic acids is 1. The van der Waals surface area contributed by atoms with E-state index >= 15 is 0 Å². The smallest absolute Gasteiger partial charge is 0.274 e. The zero-order valence-corrected chi connectivity index (χ0v) is 14.4. The number of nitrogens with one attached hydrogen (secondary N) is 2. The van der Waals surface area contributed by atoms with E-state index < -0.39 is 5.92 Å². The predicted molar refractivity (Wildman–Crippen MR) is 91.9 cm³/mol. The van der Waals surface area contributed by atoms with Crippen LogP contribution >= 0.6 is 0 Å². The summed E-state index contributed by atoms with van der Waals surface area (Å²) in [5.41, 5.74) is 0.749. The minimum absolute atomic E-state index is 0.139. The van der Waals surface area contributed by atoms with Gasteiger partial charge >= 0.3 is 0 Å². The van der Waals surface area contributed by atoms with E-state index in [4.69, 9.17) is 0 Å². The predicted octanol–water partition coefficient (Wildman–Crippen LogP) is 1.64. The third-order valence-electron chi connectivity index (χ3n) is 4.05. The van der Waals surface area contributed by atoms with Crippen molar-refractivity contribution >= 4 is 11.7 Å². The molecule has 7 nitrogen and oxygen atoms in total. The van der Waals surface area contributed by atoms with Crippen LogP contribution in [-0.4, -0.2) is 51.9 Å². The SMILES string of the molecule is CC(F)(F)c1cncc(CNc2cnc(C(=O)N3CCNCC3)cn2)c1. The van der Waals surface area contributed by atoms with Crippen LogP contribution in [0.3, 0.4) is 0 Å². The Morgan fingerprint density at radius 3 is 2.65 bits per heavy atom. The highest BCUT2D eigenvalue weighted by Crippen LogP contribution is 2.26. The molecule has 2 aromatic heterocycles. The molecule has 0 spiro atoms. The van der Waals surface area contributed by atoms with Gasteiger partial charge in [0.1, 0.15) is 11.5 Å². The van der Waals surface area contributed by atoms with Crippen LogP contribution in [-0.2, 0) is 12.5 Å². The van der Waals surface area contributed by atoms with Crippen molar-refractivity contribution in [2.75, 3.05) is 31.5 Å². The topological polar surface area (TPSA) is 83.0 Å². The average molecular weight is 362 g/mol. The van der Waals surface area contributed by atoms with Gasteiger partial charge < -0.3 is 15.5 Å². The molecule has 0 aromatic carbocycles. The summed E-state index contributed by atoms with van der Waals surface area (Å²) in [6, 6.07) is 1.40. The van der Waals surface area contributed by atoms with Gasteiger partial charge in [0.05, 0.1) is 12.4 Å². The zero-order valence-electron chi connectivity index (χ0n) is 14.4. The number of anilines is 1. The van der Waals surface area contributed by atoms with Crippen molar-refractivity contribution in [1.29, 1.82) is 0 Å². The van der Waals surface area contributed by atoms with E-state index in [9.17, 15) is 13.6 Å². The van der Waals surface area contributed by atoms with E-state index in [1.165, 1.54) is 24.7 Å². The van der Waals surface area contributed by atoms with Crippen LogP contribution in [0.25, 0.3) is 0 Å². The maximum atomic E-state index is 13.3. The van der Waals surface area contributed by atoms with Gasteiger partial charge in [-0.1, -0.05) is 0 Å². The second-order valence-corrected chi connectivity index (χ2v) is 6.15. The van der Waals surface area contributed by atoms with Crippen molar-refractivity contribution in [3.63, 3.8) is 0 Å². The Morgan fingerprint density at radius 2 is 2.00 bits per heavy atom. The normalized spacial score (nSPS) is 15.0. The summed E-state index contributed by atoms with van der Waals surface area (Å²) in [6.07, 6.45) is 5.54. The van der Waals surface area contributed by atoms with Crippen LogP contribution < -0.4 is 10.6 Å². The molecule has 0 saturated carbocycles. The van der Waals surface area contributed by atoms with E-state index in [-0.39, 0.29) is 23.7 Å². The molecule has 0 bridgehead atoms. The molecule has 0 radical (unpaired) electrons. The molecule has 3 heterocycles. The highest BCUT2D eigenvalue weighted by Gasteiger charge is 2.24. The van der Waals surface area contributed by atoms with Gasteiger partial charge in [-0.2, -0.15) is 0 Å². The summed E-state index contributed by atoms with van der Waals surface area (Å²) in [6.45, 7) is 3.93. The quantitative estimate of drug-likeness (QED) is 0.841. The molecule has 1 amide bonds. The lowest BCUT2D eigenvalue weighted by molar-refractivity contribution is 0.0170. The molecule has 2 aromatic rings. The Bertz CT molecular complexity index is 757. The molecular formula is C17H20F2N6O. The number of hydrogen-bond donors (Lipinski definition) is 2. The minimum atomic E-state index is -2.94. The van der Waals surface area contributed by atoms with Crippen molar-refractivity contribution in [2.45, 2.75) is 19.4 Å². The molecule has 26 heavy (non-hydrogen) atoms. The van der Waals surface area contributed by atoms with E-state index in [0.29, 0.717) is 24.5 Å². The summed E-state index contributed by atoms with van der Waals surface area (Å²) in [4.78, 5) is 26.2. The Balaban J connectivity index is 1.60. The summed E-state index contributed by atoms with van der Waals surface area (Å²) in [5.74, 6) is -2.63. The van der Waals surface area contributed by atoms with Gasteiger partial charge in [0.2, 0.25) is 0 Å². The lowest BCUT2D eigenvalue weighted by Crippen LogP contribution is -2.46. The highest BCUT2D eigenvalue weighted by atomic mass is 19.3. The number of carbonyl (C=O) groups is 1. The van der Waals surface area contributed by atoms with Crippen molar-refractivity contribution in [3.05, 3.63) is 47.7 Å². The number of nitrogens with zero attached hydrogens (tertiary/aromatic N) is 4. The average Bonchev–Trinajstić information content (AvgIpc) is 2.66. The van der Waals surface area contributed by atoms with Crippen LogP contribution in [0.2, 0.25) is 0 Å². The molecule has 1 aliphatic rings. The van der Waals surface area contributed by atoms with Crippen LogP contribution in [0.4, 0.5) is 14.6 Å². The molecule has 2 N–H and O–H groups in total. The summed E-state index contributed by atoms with van der Waals surface area (Å²) < 4.78 is 26.7. The molecule has 138 valence electrons. The second kappa shape index (κ2) is 7.69. The molecule has 0 atom stereocenters. The molecule has 9 heteroatoms. The fraction of sp³-hybridized carbons (Fsp3) is 0.412. The minimum Gasteiger partial charge on any atom is -0.365 e. The van der Waals surface area contributed by atoms with E-state index in [1.807, 2.05) is 0 Å². The molecule has 3 rings (SSSR count). The van der Waals surface area contributed by atoms with Crippen LogP contribution in [0.5, 0.6) is 0 Å². The van der Waals surface area contributed by atoms with E-state index in [1.54, 1.807) is 4.90 Å². The van der Waals surface area contributed by atoms with Crippen molar-refractivity contribution in [1.82, 2.24) is 25.2 Å². The Labute approximate surface area is 149 Å². The van der Waals surface area contributed by atoms with Gasteiger partial charge in [-0.05, 0) is 11.6 Å². The van der Waals surface area contributed by atoms with Gasteiger partial charge in [0, 0.05) is 57.6 Å². The third-order valence-corrected chi connectivity index (χ3v) is 4.05. The van der Waals surface area contributed by atoms with Crippen molar-refractivity contribution in [3.8, 4) is 0 Å². The maximum Gasteiger partial charge on any atom is 0.274 e. The number of pyridine rings is 1. The lowest BCUT2D eigenvalue weighted by Gasteiger charge is -2.26. The number of halogens is 2. The van der Waals surface area contributed by atoms with Crippen LogP contribution in [0, 0.1) is 0 Å². The van der Waals surface area contributed by atoms with Crippen molar-refractivity contribution < 1.29 is 13.6 Å². The maximum absolute atomic E-state index is 13.3. The molecule has 1 saturated heterocycles. The summed E-state index contributed by atoms with van der Waals surface area (Å²) >= 11 is 0. The largest absolute Gasteiger partial charge is 0.365 e. The number of piperazine rings is 1. The van der Waals surface area contributed by atoms with Crippen molar-refractivity contribution in [2.24, 2.45) is 0 Å². The molecular weight excluding hydrogens is 342 g/mol. The number of amides is 1. The molecule has 0 aliphatic carbocycles. The first-order chi connectivity index (χ1) is 12.4. The highest BCUT2D eigenvalue weighted by molar-refractivity contribution is 5.92. The fourth-order valence-electron chi connectivity index (χ4n) is 2.58. The fourth-order valence-corrected chi connectivity index (χ4v) is 2.58. The first-order valence-electron chi connectivity index (χ1n) is 8.31. The van der Waals surface area contributed by atoms with Gasteiger partial charge in [-0.25, -0.2) is 18.7 Å². The summed E-state index contributed by atoms with van der Waals surface area (Å²) in [7, 11) is 0. The second-order valence-electron chi connectivity index (χ2n) is 6.15. The number of rotatable bonds is 5. The standard InChI is InChI=1S/C17H20F2N6O/c1-17(18,19)13-6-12(7-21-9-13)8-23-15-11-22-14(10-24-15)16(26)25-4-2-20-3-5-25/h6-7,9-11,20H,2-5,8H2,1H3,(H,23,24). The summed E-state index contributed by atoms with van der Waals surface area (Å²) in [5, 5.41) is 6.18. The van der Waals surface area contributed by atoms with Gasteiger partial charge in [-0.15, -0.1) is 0 Å². The number of hydrogen-bond acceptors (Lipinski definition) is 6. The Kier molecular flexibility index (Phi) is 5.36. The monoisotopic (exact) mass is 362 g/mol. The first-order valence-corrected chi connectivity index (χ1v) is 8.31. The Morgan fingerprint density at radius 1 is 1.23 bits per heavy atom. The molecule has 1 aliphatic heterocycles. The van der Waals surface area contributed by atoms with Crippen LogP contribution in [0.1, 0.15) is 28.5 Å². The molecule has 1 fully saturated rings. The first kappa shape index (κ1) is 18.1. The van der Waals surface area contributed by atoms with Gasteiger partial charge in [-0.3, -0.25) is 9.78 Å². The van der Waals surface area contributed by atoms with Gasteiger partial charge in [0.25, 0.3) is 11.8 Å². The van der Waals surface area contributed by atoms with E-state index in [2.05, 4.69) is 25.6 Å². The Hall–Kier alpha value is -2.68. The lowest BCUT2D eigenvalue weighted by atomic mass is 10.1. The van der Waals surface area contributed by atoms with Crippen LogP contribution in [0.15, 0.2) is 30.9 Å². The third kappa shape index (κ3) is 4.48. The molecule has 0 unspecified atom stereocenters.